The predicted molar refractivity (Wildman–Crippen MR) is 71.1 cm³/mol. The van der Waals surface area contributed by atoms with Crippen LogP contribution < -0.4 is 4.90 Å². The van der Waals surface area contributed by atoms with Gasteiger partial charge >= 0.3 is 11.9 Å². The van der Waals surface area contributed by atoms with Crippen molar-refractivity contribution in [3.05, 3.63) is 23.8 Å². The second-order valence-corrected chi connectivity index (χ2v) is 5.36. The minimum absolute atomic E-state index is 0.0985. The minimum Gasteiger partial charge on any atom is -0.474 e. The van der Waals surface area contributed by atoms with Crippen molar-refractivity contribution in [1.82, 2.24) is 0 Å². The van der Waals surface area contributed by atoms with Crippen LogP contribution in [-0.4, -0.2) is 28.8 Å². The molecule has 96 valence electrons. The van der Waals surface area contributed by atoms with Gasteiger partial charge in [-0.05, 0) is 31.0 Å². The SMILES string of the molecule is CCc1ccc2c(c1)SCC(C)N2C(=O)C(=O)O. The molecule has 1 aliphatic heterocycles. The van der Waals surface area contributed by atoms with E-state index in [4.69, 9.17) is 5.11 Å². The van der Waals surface area contributed by atoms with Gasteiger partial charge in [0, 0.05) is 16.7 Å². The van der Waals surface area contributed by atoms with Gasteiger partial charge in [0.2, 0.25) is 0 Å². The van der Waals surface area contributed by atoms with Gasteiger partial charge in [0.15, 0.2) is 0 Å². The van der Waals surface area contributed by atoms with Crippen LogP contribution >= 0.6 is 11.8 Å². The summed E-state index contributed by atoms with van der Waals surface area (Å²) in [5, 5.41) is 8.88. The van der Waals surface area contributed by atoms with E-state index in [0.29, 0.717) is 5.69 Å². The molecule has 1 aliphatic rings. The Balaban J connectivity index is 2.44. The maximum atomic E-state index is 11.7. The lowest BCUT2D eigenvalue weighted by Gasteiger charge is -2.33. The normalized spacial score (nSPS) is 18.3. The third kappa shape index (κ3) is 2.22. The molecule has 4 nitrogen and oxygen atoms in total. The van der Waals surface area contributed by atoms with Gasteiger partial charge in [0.25, 0.3) is 0 Å². The molecular weight excluding hydrogens is 250 g/mol. The topological polar surface area (TPSA) is 57.6 Å². The molecular formula is C13H15NO3S. The molecule has 1 heterocycles. The van der Waals surface area contributed by atoms with Crippen LogP contribution in [-0.2, 0) is 16.0 Å². The number of hydrogen-bond acceptors (Lipinski definition) is 3. The molecule has 1 amide bonds. The highest BCUT2D eigenvalue weighted by Gasteiger charge is 2.32. The number of carboxylic acids is 1. The summed E-state index contributed by atoms with van der Waals surface area (Å²) in [7, 11) is 0. The molecule has 0 saturated heterocycles. The maximum absolute atomic E-state index is 11.7. The standard InChI is InChI=1S/C13H15NO3S/c1-3-9-4-5-10-11(6-9)18-7-8(2)14(10)12(15)13(16)17/h4-6,8H,3,7H2,1-2H3,(H,16,17). The van der Waals surface area contributed by atoms with E-state index in [2.05, 4.69) is 6.92 Å². The lowest BCUT2D eigenvalue weighted by Crippen LogP contribution is -2.45. The van der Waals surface area contributed by atoms with E-state index in [9.17, 15) is 9.59 Å². The van der Waals surface area contributed by atoms with Gasteiger partial charge in [-0.15, -0.1) is 11.8 Å². The highest BCUT2D eigenvalue weighted by atomic mass is 32.2. The number of nitrogens with zero attached hydrogens (tertiary/aromatic N) is 1. The summed E-state index contributed by atoms with van der Waals surface area (Å²) in [6.45, 7) is 3.93. The quantitative estimate of drug-likeness (QED) is 0.791. The van der Waals surface area contributed by atoms with Crippen molar-refractivity contribution >= 4 is 29.3 Å². The first kappa shape index (κ1) is 13.0. The molecule has 1 aromatic carbocycles. The summed E-state index contributed by atoms with van der Waals surface area (Å²) < 4.78 is 0. The highest BCUT2D eigenvalue weighted by Crippen LogP contribution is 2.38. The molecule has 1 unspecified atom stereocenters. The Morgan fingerprint density at radius 2 is 2.22 bits per heavy atom. The largest absolute Gasteiger partial charge is 0.474 e. The van der Waals surface area contributed by atoms with Gasteiger partial charge in [-0.25, -0.2) is 4.79 Å². The number of rotatable bonds is 1. The average Bonchev–Trinajstić information content (AvgIpc) is 2.37. The number of fused-ring (bicyclic) bond motifs is 1. The molecule has 1 atom stereocenters. The molecule has 0 bridgehead atoms. The van der Waals surface area contributed by atoms with Crippen LogP contribution in [0, 0.1) is 0 Å². The van der Waals surface area contributed by atoms with Crippen LogP contribution in [0.4, 0.5) is 5.69 Å². The second-order valence-electron chi connectivity index (χ2n) is 4.30. The fraction of sp³-hybridized carbons (Fsp3) is 0.385. The number of amides is 1. The molecule has 0 aromatic heterocycles. The zero-order chi connectivity index (χ0) is 13.3. The van der Waals surface area contributed by atoms with Crippen molar-refractivity contribution < 1.29 is 14.7 Å². The molecule has 0 fully saturated rings. The Morgan fingerprint density at radius 3 is 2.83 bits per heavy atom. The zero-order valence-electron chi connectivity index (χ0n) is 10.3. The Kier molecular flexibility index (Phi) is 3.61. The predicted octanol–water partition coefficient (Wildman–Crippen LogP) is 2.16. The van der Waals surface area contributed by atoms with E-state index in [1.54, 1.807) is 11.8 Å². The minimum atomic E-state index is -1.40. The van der Waals surface area contributed by atoms with Crippen molar-refractivity contribution in [1.29, 1.82) is 0 Å². The fourth-order valence-corrected chi connectivity index (χ4v) is 3.15. The summed E-state index contributed by atoms with van der Waals surface area (Å²) in [6, 6.07) is 5.73. The summed E-state index contributed by atoms with van der Waals surface area (Å²) in [5.41, 5.74) is 1.90. The number of thioether (sulfide) groups is 1. The number of benzene rings is 1. The molecule has 1 aromatic rings. The fourth-order valence-electron chi connectivity index (χ4n) is 2.03. The van der Waals surface area contributed by atoms with Crippen LogP contribution in [0.1, 0.15) is 19.4 Å². The van der Waals surface area contributed by atoms with Crippen LogP contribution in [0.5, 0.6) is 0 Å². The lowest BCUT2D eigenvalue weighted by atomic mass is 10.1. The molecule has 0 spiro atoms. The summed E-state index contributed by atoms with van der Waals surface area (Å²) in [6.07, 6.45) is 0.927. The number of anilines is 1. The first-order chi connectivity index (χ1) is 8.54. The van der Waals surface area contributed by atoms with Gasteiger partial charge in [0.1, 0.15) is 0 Å². The Morgan fingerprint density at radius 1 is 1.50 bits per heavy atom. The van der Waals surface area contributed by atoms with E-state index in [1.807, 2.05) is 25.1 Å². The average molecular weight is 265 g/mol. The van der Waals surface area contributed by atoms with Crippen molar-refractivity contribution in [2.75, 3.05) is 10.7 Å². The molecule has 0 saturated carbocycles. The van der Waals surface area contributed by atoms with Crippen molar-refractivity contribution in [2.24, 2.45) is 0 Å². The molecule has 0 radical (unpaired) electrons. The number of aryl methyl sites for hydroxylation is 1. The molecule has 5 heteroatoms. The highest BCUT2D eigenvalue weighted by molar-refractivity contribution is 7.99. The number of hydrogen-bond donors (Lipinski definition) is 1. The molecule has 1 N–H and O–H groups in total. The smallest absolute Gasteiger partial charge is 0.394 e. The van der Waals surface area contributed by atoms with Crippen molar-refractivity contribution in [2.45, 2.75) is 31.2 Å². The van der Waals surface area contributed by atoms with E-state index in [1.165, 1.54) is 10.5 Å². The second kappa shape index (κ2) is 5.02. The summed E-state index contributed by atoms with van der Waals surface area (Å²) in [5.74, 6) is -1.54. The van der Waals surface area contributed by atoms with E-state index < -0.39 is 11.9 Å². The Bertz CT molecular complexity index is 501. The number of carbonyl (C=O) groups excluding carboxylic acids is 1. The van der Waals surface area contributed by atoms with Gasteiger partial charge in [-0.3, -0.25) is 9.69 Å². The lowest BCUT2D eigenvalue weighted by molar-refractivity contribution is -0.149. The third-order valence-electron chi connectivity index (χ3n) is 3.01. The van der Waals surface area contributed by atoms with Gasteiger partial charge in [-0.1, -0.05) is 13.0 Å². The molecule has 18 heavy (non-hydrogen) atoms. The van der Waals surface area contributed by atoms with Crippen molar-refractivity contribution in [3.8, 4) is 0 Å². The van der Waals surface area contributed by atoms with Crippen LogP contribution in [0.2, 0.25) is 0 Å². The van der Waals surface area contributed by atoms with Crippen molar-refractivity contribution in [3.63, 3.8) is 0 Å². The van der Waals surface area contributed by atoms with Crippen LogP contribution in [0.15, 0.2) is 23.1 Å². The number of aliphatic carboxylic acids is 1. The Hall–Kier alpha value is -1.49. The molecule has 2 rings (SSSR count). The maximum Gasteiger partial charge on any atom is 0.394 e. The van der Waals surface area contributed by atoms with Crippen LogP contribution in [0.3, 0.4) is 0 Å². The third-order valence-corrected chi connectivity index (χ3v) is 4.30. The van der Waals surface area contributed by atoms with Crippen LogP contribution in [0.25, 0.3) is 0 Å². The first-order valence-electron chi connectivity index (χ1n) is 5.86. The van der Waals surface area contributed by atoms with Gasteiger partial charge in [0.05, 0.1) is 5.69 Å². The van der Waals surface area contributed by atoms with E-state index in [-0.39, 0.29) is 6.04 Å². The zero-order valence-corrected chi connectivity index (χ0v) is 11.2. The summed E-state index contributed by atoms with van der Waals surface area (Å²) in [4.78, 5) is 25.0. The van der Waals surface area contributed by atoms with Gasteiger partial charge in [-0.2, -0.15) is 0 Å². The van der Waals surface area contributed by atoms with E-state index in [0.717, 1.165) is 17.1 Å². The first-order valence-corrected chi connectivity index (χ1v) is 6.85. The monoisotopic (exact) mass is 265 g/mol. The van der Waals surface area contributed by atoms with E-state index >= 15 is 0 Å². The molecule has 0 aliphatic carbocycles. The number of carboxylic acid groups (broad SMARTS) is 1. The Labute approximate surface area is 110 Å². The summed E-state index contributed by atoms with van der Waals surface area (Å²) >= 11 is 1.67. The van der Waals surface area contributed by atoms with Gasteiger partial charge < -0.3 is 5.11 Å². The number of carbonyl (C=O) groups is 2.